The Labute approximate surface area is 169 Å². The van der Waals surface area contributed by atoms with Crippen molar-refractivity contribution in [3.05, 3.63) is 72.3 Å². The van der Waals surface area contributed by atoms with E-state index < -0.39 is 16.0 Å². The molecule has 1 heterocycles. The van der Waals surface area contributed by atoms with E-state index >= 15 is 0 Å². The second kappa shape index (κ2) is 7.85. The number of aromatic carboxylic acids is 1. The molecule has 0 spiro atoms. The van der Waals surface area contributed by atoms with Gasteiger partial charge in [0.25, 0.3) is 0 Å². The molecule has 29 heavy (non-hydrogen) atoms. The number of fused-ring (bicyclic) bond motifs is 1. The molecule has 1 fully saturated rings. The molecule has 2 N–H and O–H groups in total. The quantitative estimate of drug-likeness (QED) is 0.672. The van der Waals surface area contributed by atoms with Crippen LogP contribution < -0.4 is 9.62 Å². The van der Waals surface area contributed by atoms with Gasteiger partial charge in [0.05, 0.1) is 10.5 Å². The van der Waals surface area contributed by atoms with Gasteiger partial charge in [0.2, 0.25) is 10.0 Å². The maximum absolute atomic E-state index is 12.8. The van der Waals surface area contributed by atoms with E-state index in [-0.39, 0.29) is 16.5 Å². The first-order valence-electron chi connectivity index (χ1n) is 9.52. The fraction of sp³-hybridized carbons (Fsp3) is 0.227. The van der Waals surface area contributed by atoms with Crippen molar-refractivity contribution in [1.29, 1.82) is 0 Å². The number of hydrogen-bond donors (Lipinski definition) is 2. The molecule has 3 aromatic rings. The standard InChI is InChI=1S/C22H22N2O4S/c25-22(26)17-5-8-20(9-6-17)24-13-11-19(12-14-24)23-29(27,28)21-10-7-16-3-1-2-4-18(16)15-21/h1-10,15,19,23H,11-14H2,(H,25,26). The van der Waals surface area contributed by atoms with Gasteiger partial charge >= 0.3 is 5.97 Å². The van der Waals surface area contributed by atoms with Crippen LogP contribution in [0.3, 0.4) is 0 Å². The summed E-state index contributed by atoms with van der Waals surface area (Å²) in [6.07, 6.45) is 1.38. The zero-order chi connectivity index (χ0) is 20.4. The van der Waals surface area contributed by atoms with Crippen LogP contribution in [0, 0.1) is 0 Å². The van der Waals surface area contributed by atoms with Gasteiger partial charge in [-0.05, 0) is 60.0 Å². The van der Waals surface area contributed by atoms with Crippen molar-refractivity contribution in [1.82, 2.24) is 4.72 Å². The highest BCUT2D eigenvalue weighted by Gasteiger charge is 2.25. The second-order valence-corrected chi connectivity index (χ2v) is 8.96. The van der Waals surface area contributed by atoms with Gasteiger partial charge in [-0.25, -0.2) is 17.9 Å². The molecule has 0 aromatic heterocycles. The Morgan fingerprint density at radius 1 is 0.931 bits per heavy atom. The summed E-state index contributed by atoms with van der Waals surface area (Å²) in [6, 6.07) is 19.5. The molecule has 6 nitrogen and oxygen atoms in total. The minimum atomic E-state index is -3.58. The number of nitrogens with zero attached hydrogens (tertiary/aromatic N) is 1. The topological polar surface area (TPSA) is 86.7 Å². The molecule has 0 unspecified atom stereocenters. The van der Waals surface area contributed by atoms with E-state index in [1.54, 1.807) is 36.4 Å². The predicted molar refractivity (Wildman–Crippen MR) is 113 cm³/mol. The van der Waals surface area contributed by atoms with E-state index in [0.29, 0.717) is 25.9 Å². The lowest BCUT2D eigenvalue weighted by molar-refractivity contribution is 0.0697. The first kappa shape index (κ1) is 19.4. The fourth-order valence-electron chi connectivity index (χ4n) is 3.69. The number of nitrogens with one attached hydrogen (secondary N) is 1. The number of anilines is 1. The van der Waals surface area contributed by atoms with Gasteiger partial charge in [-0.1, -0.05) is 30.3 Å². The molecule has 7 heteroatoms. The highest BCUT2D eigenvalue weighted by atomic mass is 32.2. The van der Waals surface area contributed by atoms with E-state index in [4.69, 9.17) is 5.11 Å². The van der Waals surface area contributed by atoms with Crippen LogP contribution in [-0.4, -0.2) is 38.6 Å². The van der Waals surface area contributed by atoms with Crippen LogP contribution in [0.4, 0.5) is 5.69 Å². The van der Waals surface area contributed by atoms with Crippen molar-refractivity contribution in [2.75, 3.05) is 18.0 Å². The minimum Gasteiger partial charge on any atom is -0.478 e. The Morgan fingerprint density at radius 3 is 2.24 bits per heavy atom. The number of sulfonamides is 1. The third kappa shape index (κ3) is 4.26. The van der Waals surface area contributed by atoms with Crippen molar-refractivity contribution in [3.8, 4) is 0 Å². The fourth-order valence-corrected chi connectivity index (χ4v) is 5.03. The highest BCUT2D eigenvalue weighted by Crippen LogP contribution is 2.23. The first-order chi connectivity index (χ1) is 13.9. The SMILES string of the molecule is O=C(O)c1ccc(N2CCC(NS(=O)(=O)c3ccc4ccccc4c3)CC2)cc1. The summed E-state index contributed by atoms with van der Waals surface area (Å²) in [4.78, 5) is 13.4. The Kier molecular flexibility index (Phi) is 5.25. The van der Waals surface area contributed by atoms with Crippen LogP contribution in [0.15, 0.2) is 71.6 Å². The van der Waals surface area contributed by atoms with Crippen molar-refractivity contribution in [2.24, 2.45) is 0 Å². The van der Waals surface area contributed by atoms with Crippen LogP contribution in [0.5, 0.6) is 0 Å². The molecule has 0 atom stereocenters. The van der Waals surface area contributed by atoms with Crippen molar-refractivity contribution in [2.45, 2.75) is 23.8 Å². The number of carboxylic acids is 1. The Hall–Kier alpha value is -2.90. The molecule has 0 radical (unpaired) electrons. The van der Waals surface area contributed by atoms with E-state index in [9.17, 15) is 13.2 Å². The predicted octanol–water partition coefficient (Wildman–Crippen LogP) is 3.49. The number of benzene rings is 3. The van der Waals surface area contributed by atoms with Crippen LogP contribution >= 0.6 is 0 Å². The molecule has 3 aromatic carbocycles. The number of carboxylic acid groups (broad SMARTS) is 1. The van der Waals surface area contributed by atoms with Crippen molar-refractivity contribution < 1.29 is 18.3 Å². The number of piperidine rings is 1. The lowest BCUT2D eigenvalue weighted by Gasteiger charge is -2.33. The van der Waals surface area contributed by atoms with Gasteiger partial charge in [-0.2, -0.15) is 0 Å². The molecular weight excluding hydrogens is 388 g/mol. The molecule has 1 aliphatic heterocycles. The lowest BCUT2D eigenvalue weighted by atomic mass is 10.1. The van der Waals surface area contributed by atoms with Gasteiger partial charge < -0.3 is 10.0 Å². The molecule has 150 valence electrons. The number of carbonyl (C=O) groups is 1. The third-order valence-electron chi connectivity index (χ3n) is 5.33. The van der Waals surface area contributed by atoms with Crippen molar-refractivity contribution >= 4 is 32.5 Å². The van der Waals surface area contributed by atoms with Gasteiger partial charge in [0.1, 0.15) is 0 Å². The van der Waals surface area contributed by atoms with Gasteiger partial charge in [-0.3, -0.25) is 0 Å². The largest absolute Gasteiger partial charge is 0.478 e. The van der Waals surface area contributed by atoms with Crippen LogP contribution in [0.2, 0.25) is 0 Å². The van der Waals surface area contributed by atoms with Gasteiger partial charge in [0.15, 0.2) is 0 Å². The maximum atomic E-state index is 12.8. The zero-order valence-corrected chi connectivity index (χ0v) is 16.6. The van der Waals surface area contributed by atoms with E-state index in [1.807, 2.05) is 30.3 Å². The summed E-state index contributed by atoms with van der Waals surface area (Å²) in [6.45, 7) is 1.41. The normalized spacial score (nSPS) is 15.5. The van der Waals surface area contributed by atoms with E-state index in [1.165, 1.54) is 0 Å². The monoisotopic (exact) mass is 410 g/mol. The summed E-state index contributed by atoms with van der Waals surface area (Å²) in [5.41, 5.74) is 1.21. The molecule has 1 saturated heterocycles. The average molecular weight is 410 g/mol. The Morgan fingerprint density at radius 2 is 1.59 bits per heavy atom. The summed E-state index contributed by atoms with van der Waals surface area (Å²) in [5.74, 6) is -0.946. The van der Waals surface area contributed by atoms with Crippen LogP contribution in [0.1, 0.15) is 23.2 Å². The Bertz CT molecular complexity index is 1130. The summed E-state index contributed by atoms with van der Waals surface area (Å²) < 4.78 is 28.5. The molecule has 4 rings (SSSR count). The van der Waals surface area contributed by atoms with Crippen LogP contribution in [-0.2, 0) is 10.0 Å². The molecule has 1 aliphatic rings. The highest BCUT2D eigenvalue weighted by molar-refractivity contribution is 7.89. The van der Waals surface area contributed by atoms with E-state index in [2.05, 4.69) is 9.62 Å². The minimum absolute atomic E-state index is 0.124. The first-order valence-corrected chi connectivity index (χ1v) is 11.0. The van der Waals surface area contributed by atoms with Crippen LogP contribution in [0.25, 0.3) is 10.8 Å². The van der Waals surface area contributed by atoms with Crippen molar-refractivity contribution in [3.63, 3.8) is 0 Å². The van der Waals surface area contributed by atoms with Gasteiger partial charge in [0, 0.05) is 24.8 Å². The Balaban J connectivity index is 1.41. The zero-order valence-electron chi connectivity index (χ0n) is 15.8. The summed E-state index contributed by atoms with van der Waals surface area (Å²) >= 11 is 0. The third-order valence-corrected chi connectivity index (χ3v) is 6.85. The van der Waals surface area contributed by atoms with E-state index in [0.717, 1.165) is 16.5 Å². The second-order valence-electron chi connectivity index (χ2n) is 7.24. The maximum Gasteiger partial charge on any atom is 0.335 e. The molecular formula is C22H22N2O4S. The molecule has 0 amide bonds. The summed E-state index contributed by atoms with van der Waals surface area (Å²) in [7, 11) is -3.58. The summed E-state index contributed by atoms with van der Waals surface area (Å²) in [5, 5.41) is 10.9. The molecule has 0 bridgehead atoms. The molecule has 0 aliphatic carbocycles. The molecule has 0 saturated carbocycles. The number of hydrogen-bond acceptors (Lipinski definition) is 4. The lowest BCUT2D eigenvalue weighted by Crippen LogP contribution is -2.44. The number of rotatable bonds is 5. The van der Waals surface area contributed by atoms with Gasteiger partial charge in [-0.15, -0.1) is 0 Å². The smallest absolute Gasteiger partial charge is 0.335 e. The average Bonchev–Trinajstić information content (AvgIpc) is 2.74.